The highest BCUT2D eigenvalue weighted by atomic mass is 32.1. The average Bonchev–Trinajstić information content (AvgIpc) is 2.65. The predicted molar refractivity (Wildman–Crippen MR) is 97.8 cm³/mol. The van der Waals surface area contributed by atoms with Crippen molar-refractivity contribution in [3.05, 3.63) is 61.3 Å². The van der Waals surface area contributed by atoms with E-state index in [0.29, 0.717) is 23.5 Å². The third-order valence-corrected chi connectivity index (χ3v) is 3.66. The normalized spacial score (nSPS) is 10.4. The minimum absolute atomic E-state index is 0.349. The number of benzene rings is 1. The lowest BCUT2D eigenvalue weighted by atomic mass is 10.2. The molecule has 3 aromatic rings. The summed E-state index contributed by atoms with van der Waals surface area (Å²) in [5.74, 6) is 0.368. The van der Waals surface area contributed by atoms with Crippen molar-refractivity contribution in [2.45, 2.75) is 0 Å². The molecule has 0 aliphatic rings. The van der Waals surface area contributed by atoms with Gasteiger partial charge in [0, 0.05) is 12.1 Å². The monoisotopic (exact) mass is 337 g/mol. The van der Waals surface area contributed by atoms with E-state index in [0.717, 1.165) is 15.6 Å². The number of amides is 2. The number of thiol groups is 1. The number of carbonyl (C=O) groups is 1. The van der Waals surface area contributed by atoms with Crippen molar-refractivity contribution in [2.75, 3.05) is 10.8 Å². The summed E-state index contributed by atoms with van der Waals surface area (Å²) >= 11 is 4.19. The first kappa shape index (κ1) is 15.9. The standard InChI is InChI=1S/C17H15N5OS/c1-2-10-18-17(23)22(24)15-9-8-13-16(21-15)20-14(11-19-13)12-6-4-3-5-7-12/h2-9,11,24H,1,10H2,(H,18,23). The molecule has 1 N–H and O–H groups in total. The Hall–Kier alpha value is -2.93. The zero-order valence-corrected chi connectivity index (χ0v) is 13.6. The number of aromatic nitrogens is 3. The molecule has 0 saturated carbocycles. The maximum Gasteiger partial charge on any atom is 0.333 e. The summed E-state index contributed by atoms with van der Waals surface area (Å²) in [6.07, 6.45) is 3.29. The van der Waals surface area contributed by atoms with Crippen molar-refractivity contribution in [3.63, 3.8) is 0 Å². The lowest BCUT2D eigenvalue weighted by Crippen LogP contribution is -2.34. The van der Waals surface area contributed by atoms with Gasteiger partial charge in [-0.1, -0.05) is 49.2 Å². The summed E-state index contributed by atoms with van der Waals surface area (Å²) in [7, 11) is 0. The van der Waals surface area contributed by atoms with E-state index in [1.807, 2.05) is 30.3 Å². The minimum atomic E-state index is -0.391. The van der Waals surface area contributed by atoms with Crippen molar-refractivity contribution < 1.29 is 4.79 Å². The smallest absolute Gasteiger partial charge is 0.333 e. The SMILES string of the molecule is C=CCNC(=O)N(S)c1ccc2ncc(-c3ccccc3)nc2n1. The maximum absolute atomic E-state index is 11.9. The lowest BCUT2D eigenvalue weighted by molar-refractivity contribution is 0.251. The molecule has 1 aromatic carbocycles. The van der Waals surface area contributed by atoms with Crippen LogP contribution in [0.15, 0.2) is 61.3 Å². The number of fused-ring (bicyclic) bond motifs is 1. The molecular formula is C17H15N5OS. The fourth-order valence-corrected chi connectivity index (χ4v) is 2.27. The molecule has 0 aliphatic carbocycles. The second-order valence-electron chi connectivity index (χ2n) is 4.92. The Morgan fingerprint density at radius 3 is 2.75 bits per heavy atom. The van der Waals surface area contributed by atoms with Crippen LogP contribution >= 0.6 is 12.8 Å². The summed E-state index contributed by atoms with van der Waals surface area (Å²) in [6, 6.07) is 12.7. The van der Waals surface area contributed by atoms with Crippen LogP contribution in [0.25, 0.3) is 22.4 Å². The van der Waals surface area contributed by atoms with Gasteiger partial charge in [0.2, 0.25) is 0 Å². The van der Waals surface area contributed by atoms with Gasteiger partial charge in [-0.3, -0.25) is 4.98 Å². The summed E-state index contributed by atoms with van der Waals surface area (Å²) in [5, 5.41) is 2.63. The van der Waals surface area contributed by atoms with E-state index in [9.17, 15) is 4.79 Å². The van der Waals surface area contributed by atoms with E-state index in [2.05, 4.69) is 39.7 Å². The molecule has 0 atom stereocenters. The Morgan fingerprint density at radius 2 is 2.00 bits per heavy atom. The highest BCUT2D eigenvalue weighted by Crippen LogP contribution is 2.21. The van der Waals surface area contributed by atoms with E-state index in [1.165, 1.54) is 0 Å². The van der Waals surface area contributed by atoms with Crippen molar-refractivity contribution >= 4 is 35.8 Å². The summed E-state index contributed by atoms with van der Waals surface area (Å²) in [6.45, 7) is 3.90. The number of rotatable bonds is 4. The van der Waals surface area contributed by atoms with Crippen LogP contribution in [0.3, 0.4) is 0 Å². The fourth-order valence-electron chi connectivity index (χ4n) is 2.09. The average molecular weight is 337 g/mol. The summed E-state index contributed by atoms with van der Waals surface area (Å²) in [4.78, 5) is 25.2. The van der Waals surface area contributed by atoms with E-state index in [4.69, 9.17) is 0 Å². The lowest BCUT2D eigenvalue weighted by Gasteiger charge is -2.15. The number of hydrogen-bond acceptors (Lipinski definition) is 5. The number of hydrogen-bond donors (Lipinski definition) is 2. The van der Waals surface area contributed by atoms with Crippen LogP contribution in [-0.2, 0) is 0 Å². The van der Waals surface area contributed by atoms with Gasteiger partial charge >= 0.3 is 6.03 Å². The molecular weight excluding hydrogens is 322 g/mol. The molecule has 0 radical (unpaired) electrons. The van der Waals surface area contributed by atoms with Gasteiger partial charge in [0.1, 0.15) is 11.3 Å². The molecule has 2 amide bonds. The zero-order valence-electron chi connectivity index (χ0n) is 12.8. The van der Waals surface area contributed by atoms with Gasteiger partial charge < -0.3 is 5.32 Å². The Kier molecular flexibility index (Phi) is 4.72. The molecule has 0 unspecified atom stereocenters. The van der Waals surface area contributed by atoms with E-state index in [1.54, 1.807) is 24.4 Å². The van der Waals surface area contributed by atoms with Gasteiger partial charge in [-0.15, -0.1) is 6.58 Å². The zero-order chi connectivity index (χ0) is 16.9. The van der Waals surface area contributed by atoms with Crippen LogP contribution in [0.2, 0.25) is 0 Å². The minimum Gasteiger partial charge on any atom is -0.333 e. The number of nitrogens with one attached hydrogen (secondary N) is 1. The second-order valence-corrected chi connectivity index (χ2v) is 5.32. The van der Waals surface area contributed by atoms with Crippen LogP contribution in [-0.4, -0.2) is 27.5 Å². The topological polar surface area (TPSA) is 71.0 Å². The Bertz CT molecular complexity index is 885. The van der Waals surface area contributed by atoms with Crippen molar-refractivity contribution in [2.24, 2.45) is 0 Å². The fraction of sp³-hybridized carbons (Fsp3) is 0.0588. The van der Waals surface area contributed by atoms with Crippen molar-refractivity contribution in [3.8, 4) is 11.3 Å². The molecule has 7 heteroatoms. The van der Waals surface area contributed by atoms with E-state index >= 15 is 0 Å². The molecule has 3 rings (SSSR count). The first-order valence-electron chi connectivity index (χ1n) is 7.26. The third kappa shape index (κ3) is 3.36. The van der Waals surface area contributed by atoms with Crippen LogP contribution in [0.4, 0.5) is 10.6 Å². The summed E-state index contributed by atoms with van der Waals surface area (Å²) < 4.78 is 1.12. The highest BCUT2D eigenvalue weighted by Gasteiger charge is 2.14. The number of carbonyl (C=O) groups excluding carboxylic acids is 1. The van der Waals surface area contributed by atoms with Crippen molar-refractivity contribution in [1.29, 1.82) is 0 Å². The first-order chi connectivity index (χ1) is 11.7. The van der Waals surface area contributed by atoms with Crippen LogP contribution in [0.1, 0.15) is 0 Å². The molecule has 0 bridgehead atoms. The Morgan fingerprint density at radius 1 is 1.21 bits per heavy atom. The largest absolute Gasteiger partial charge is 0.333 e. The van der Waals surface area contributed by atoms with E-state index < -0.39 is 6.03 Å². The number of pyridine rings is 1. The number of urea groups is 1. The van der Waals surface area contributed by atoms with Gasteiger partial charge in [-0.2, -0.15) is 0 Å². The maximum atomic E-state index is 11.9. The van der Waals surface area contributed by atoms with Gasteiger partial charge in [-0.05, 0) is 12.1 Å². The van der Waals surface area contributed by atoms with Gasteiger partial charge in [-0.25, -0.2) is 19.1 Å². The quantitative estimate of drug-likeness (QED) is 0.566. The molecule has 0 saturated heterocycles. The summed E-state index contributed by atoms with van der Waals surface area (Å²) in [5.41, 5.74) is 2.76. The predicted octanol–water partition coefficient (Wildman–Crippen LogP) is 3.24. The first-order valence-corrected chi connectivity index (χ1v) is 7.66. The van der Waals surface area contributed by atoms with Crippen LogP contribution in [0.5, 0.6) is 0 Å². The van der Waals surface area contributed by atoms with Gasteiger partial charge in [0.25, 0.3) is 0 Å². The molecule has 2 heterocycles. The van der Waals surface area contributed by atoms with Crippen LogP contribution < -0.4 is 9.62 Å². The second kappa shape index (κ2) is 7.10. The Balaban J connectivity index is 1.94. The molecule has 0 aliphatic heterocycles. The highest BCUT2D eigenvalue weighted by molar-refractivity contribution is 7.82. The van der Waals surface area contributed by atoms with Gasteiger partial charge in [0.15, 0.2) is 5.65 Å². The van der Waals surface area contributed by atoms with Gasteiger partial charge in [0.05, 0.1) is 11.9 Å². The van der Waals surface area contributed by atoms with Crippen LogP contribution in [0, 0.1) is 0 Å². The van der Waals surface area contributed by atoms with E-state index in [-0.39, 0.29) is 0 Å². The molecule has 6 nitrogen and oxygen atoms in total. The molecule has 120 valence electrons. The molecule has 24 heavy (non-hydrogen) atoms. The molecule has 0 fully saturated rings. The molecule has 2 aromatic heterocycles. The Labute approximate surface area is 144 Å². The number of nitrogens with zero attached hydrogens (tertiary/aromatic N) is 4. The third-order valence-electron chi connectivity index (χ3n) is 3.27. The molecule has 0 spiro atoms. The number of anilines is 1. The van der Waals surface area contributed by atoms with Crippen molar-refractivity contribution in [1.82, 2.24) is 20.3 Å².